The van der Waals surface area contributed by atoms with Crippen LogP contribution in [-0.2, 0) is 12.8 Å². The second-order valence-corrected chi connectivity index (χ2v) is 6.60. The summed E-state index contributed by atoms with van der Waals surface area (Å²) in [5.41, 5.74) is 2.96. The Labute approximate surface area is 202 Å². The molecule has 2 aromatic rings. The third kappa shape index (κ3) is 9.75. The van der Waals surface area contributed by atoms with E-state index >= 15 is 0 Å². The number of halogens is 1. The van der Waals surface area contributed by atoms with Crippen molar-refractivity contribution in [1.29, 1.82) is 0 Å². The van der Waals surface area contributed by atoms with Crippen LogP contribution in [-0.4, -0.2) is 45.2 Å². The van der Waals surface area contributed by atoms with Crippen LogP contribution in [0.25, 0.3) is 0 Å². The van der Waals surface area contributed by atoms with Crippen molar-refractivity contribution in [3.8, 4) is 18.1 Å². The maximum Gasteiger partial charge on any atom is 0.251 e. The molecule has 0 spiro atoms. The number of hydrogen-bond donors (Lipinski definition) is 3. The Bertz CT molecular complexity index is 876. The third-order valence-corrected chi connectivity index (χ3v) is 4.38. The van der Waals surface area contributed by atoms with E-state index < -0.39 is 0 Å². The molecule has 0 heterocycles. The van der Waals surface area contributed by atoms with Gasteiger partial charge in [-0.15, -0.1) is 30.4 Å². The summed E-state index contributed by atoms with van der Waals surface area (Å²) in [6.07, 6.45) is 6.83. The standard InChI is InChI=1S/C24H30N4O2.HI/c1-4-17-30-22-11-9-19(10-12-22)13-15-27-24(26-5-2)28-16-14-20-7-6-8-21(18-20)23(29)25-3;/h1,6-12,18H,5,13-17H2,2-3H3,(H,25,29)(H2,26,27,28);1H. The molecule has 0 atom stereocenters. The predicted octanol–water partition coefficient (Wildman–Crippen LogP) is 3.02. The fraction of sp³-hybridized carbons (Fsp3) is 0.333. The van der Waals surface area contributed by atoms with E-state index in [1.165, 1.54) is 5.56 Å². The third-order valence-electron chi connectivity index (χ3n) is 4.38. The highest BCUT2D eigenvalue weighted by molar-refractivity contribution is 14.0. The van der Waals surface area contributed by atoms with Gasteiger partial charge in [-0.25, -0.2) is 0 Å². The molecule has 0 aliphatic heterocycles. The Morgan fingerprint density at radius 3 is 2.55 bits per heavy atom. The van der Waals surface area contributed by atoms with Gasteiger partial charge in [0, 0.05) is 32.2 Å². The molecule has 7 heteroatoms. The molecule has 0 unspecified atom stereocenters. The van der Waals surface area contributed by atoms with E-state index in [0.29, 0.717) is 12.1 Å². The van der Waals surface area contributed by atoms with Crippen LogP contribution < -0.4 is 20.7 Å². The van der Waals surface area contributed by atoms with E-state index in [0.717, 1.165) is 43.2 Å². The molecule has 0 aliphatic carbocycles. The van der Waals surface area contributed by atoms with Gasteiger partial charge < -0.3 is 20.7 Å². The van der Waals surface area contributed by atoms with Gasteiger partial charge >= 0.3 is 0 Å². The highest BCUT2D eigenvalue weighted by Gasteiger charge is 2.04. The maximum absolute atomic E-state index is 11.8. The maximum atomic E-state index is 11.8. The summed E-state index contributed by atoms with van der Waals surface area (Å²) in [6, 6.07) is 15.6. The zero-order valence-corrected chi connectivity index (χ0v) is 20.4. The van der Waals surface area contributed by atoms with Gasteiger partial charge in [0.25, 0.3) is 5.91 Å². The molecule has 2 aromatic carbocycles. The normalized spacial score (nSPS) is 10.4. The fourth-order valence-corrected chi connectivity index (χ4v) is 2.85. The molecule has 0 saturated heterocycles. The van der Waals surface area contributed by atoms with Crippen molar-refractivity contribution >= 4 is 35.8 Å². The molecule has 2 rings (SSSR count). The Kier molecular flexibility index (Phi) is 12.8. The van der Waals surface area contributed by atoms with E-state index in [2.05, 4.69) is 26.9 Å². The number of ether oxygens (including phenoxy) is 1. The summed E-state index contributed by atoms with van der Waals surface area (Å²) in [4.78, 5) is 16.4. The van der Waals surface area contributed by atoms with Gasteiger partial charge in [0.1, 0.15) is 12.4 Å². The number of carbonyl (C=O) groups excluding carboxylic acids is 1. The molecule has 0 radical (unpaired) electrons. The average molecular weight is 534 g/mol. The van der Waals surface area contributed by atoms with E-state index in [4.69, 9.17) is 11.2 Å². The van der Waals surface area contributed by atoms with Gasteiger partial charge in [0.05, 0.1) is 0 Å². The van der Waals surface area contributed by atoms with E-state index in [1.807, 2.05) is 55.5 Å². The van der Waals surface area contributed by atoms with Crippen LogP contribution in [0.15, 0.2) is 53.5 Å². The van der Waals surface area contributed by atoms with Crippen molar-refractivity contribution in [2.24, 2.45) is 4.99 Å². The topological polar surface area (TPSA) is 74.8 Å². The van der Waals surface area contributed by atoms with Gasteiger partial charge in [0.15, 0.2) is 5.96 Å². The van der Waals surface area contributed by atoms with Crippen molar-refractivity contribution in [2.45, 2.75) is 19.8 Å². The number of benzene rings is 2. The van der Waals surface area contributed by atoms with Crippen LogP contribution in [0, 0.1) is 12.3 Å². The fourth-order valence-electron chi connectivity index (χ4n) is 2.85. The number of nitrogens with one attached hydrogen (secondary N) is 3. The van der Waals surface area contributed by atoms with Crippen molar-refractivity contribution in [3.05, 3.63) is 65.2 Å². The quantitative estimate of drug-likeness (QED) is 0.190. The van der Waals surface area contributed by atoms with E-state index in [1.54, 1.807) is 7.05 Å². The van der Waals surface area contributed by atoms with Gasteiger partial charge in [-0.3, -0.25) is 9.79 Å². The van der Waals surface area contributed by atoms with Crippen molar-refractivity contribution in [2.75, 3.05) is 33.3 Å². The zero-order chi connectivity index (χ0) is 21.6. The molecule has 0 saturated carbocycles. The summed E-state index contributed by atoms with van der Waals surface area (Å²) in [7, 11) is 1.64. The van der Waals surface area contributed by atoms with Crippen LogP contribution in [0.5, 0.6) is 5.75 Å². The monoisotopic (exact) mass is 534 g/mol. The van der Waals surface area contributed by atoms with Gasteiger partial charge in [-0.2, -0.15) is 0 Å². The number of rotatable bonds is 10. The summed E-state index contributed by atoms with van der Waals surface area (Å²) >= 11 is 0. The van der Waals surface area contributed by atoms with Crippen molar-refractivity contribution < 1.29 is 9.53 Å². The highest BCUT2D eigenvalue weighted by atomic mass is 127. The van der Waals surface area contributed by atoms with Crippen molar-refractivity contribution in [3.63, 3.8) is 0 Å². The molecule has 0 bridgehead atoms. The van der Waals surface area contributed by atoms with Crippen LogP contribution in [0.2, 0.25) is 0 Å². The number of guanidine groups is 1. The first kappa shape index (κ1) is 26.3. The first-order valence-electron chi connectivity index (χ1n) is 10.1. The summed E-state index contributed by atoms with van der Waals surface area (Å²) in [5, 5.41) is 9.26. The lowest BCUT2D eigenvalue weighted by Gasteiger charge is -2.12. The van der Waals surface area contributed by atoms with Gasteiger partial charge in [-0.05, 0) is 55.2 Å². The minimum absolute atomic E-state index is 0. The summed E-state index contributed by atoms with van der Waals surface area (Å²) in [5.74, 6) is 3.94. The number of hydrogen-bond acceptors (Lipinski definition) is 3. The van der Waals surface area contributed by atoms with Gasteiger partial charge in [0.2, 0.25) is 0 Å². The second kappa shape index (κ2) is 15.1. The lowest BCUT2D eigenvalue weighted by molar-refractivity contribution is 0.0963. The van der Waals surface area contributed by atoms with Crippen LogP contribution in [0.1, 0.15) is 28.4 Å². The molecule has 0 fully saturated rings. The first-order valence-corrected chi connectivity index (χ1v) is 10.1. The molecular formula is C24H31IN4O2. The van der Waals surface area contributed by atoms with E-state index in [-0.39, 0.29) is 36.5 Å². The van der Waals surface area contributed by atoms with Crippen LogP contribution in [0.3, 0.4) is 0 Å². The molecule has 1 amide bonds. The lowest BCUT2D eigenvalue weighted by Crippen LogP contribution is -2.38. The minimum atomic E-state index is -0.0737. The first-order chi connectivity index (χ1) is 14.7. The molecule has 166 valence electrons. The molecule has 0 aliphatic rings. The van der Waals surface area contributed by atoms with Crippen molar-refractivity contribution in [1.82, 2.24) is 16.0 Å². The zero-order valence-electron chi connectivity index (χ0n) is 18.1. The highest BCUT2D eigenvalue weighted by Crippen LogP contribution is 2.12. The second-order valence-electron chi connectivity index (χ2n) is 6.60. The van der Waals surface area contributed by atoms with E-state index in [9.17, 15) is 4.79 Å². The number of terminal acetylenes is 1. The number of amides is 1. The number of aliphatic imine (C=N–C) groups is 1. The SMILES string of the molecule is C#CCOc1ccc(CCN=C(NCC)NCCc2cccc(C(=O)NC)c2)cc1.I. The van der Waals surface area contributed by atoms with Crippen LogP contribution >= 0.6 is 24.0 Å². The Balaban J connectivity index is 0.00000480. The molecule has 3 N–H and O–H groups in total. The lowest BCUT2D eigenvalue weighted by atomic mass is 10.1. The predicted molar refractivity (Wildman–Crippen MR) is 137 cm³/mol. The number of nitrogens with zero attached hydrogens (tertiary/aromatic N) is 1. The largest absolute Gasteiger partial charge is 0.481 e. The number of carbonyl (C=O) groups is 1. The molecule has 0 aromatic heterocycles. The Morgan fingerprint density at radius 1 is 1.10 bits per heavy atom. The van der Waals surface area contributed by atoms with Gasteiger partial charge in [-0.1, -0.05) is 30.2 Å². The molecule has 31 heavy (non-hydrogen) atoms. The molecular weight excluding hydrogens is 503 g/mol. The molecule has 6 nitrogen and oxygen atoms in total. The smallest absolute Gasteiger partial charge is 0.251 e. The Hall–Kier alpha value is -2.73. The summed E-state index contributed by atoms with van der Waals surface area (Å²) in [6.45, 7) is 4.51. The Morgan fingerprint density at radius 2 is 1.87 bits per heavy atom. The summed E-state index contributed by atoms with van der Waals surface area (Å²) < 4.78 is 5.39. The van der Waals surface area contributed by atoms with Crippen LogP contribution in [0.4, 0.5) is 0 Å². The minimum Gasteiger partial charge on any atom is -0.481 e. The average Bonchev–Trinajstić information content (AvgIpc) is 2.78.